The molecule has 1 aliphatic heterocycles. The van der Waals surface area contributed by atoms with Gasteiger partial charge < -0.3 is 0 Å². The fraction of sp³-hybridized carbons (Fsp3) is 0.0909. The first-order valence-electron chi connectivity index (χ1n) is 8.60. The number of hydrazone groups is 1. The maximum Gasteiger partial charge on any atom is 0.274 e. The predicted octanol–water partition coefficient (Wildman–Crippen LogP) is 5.58. The summed E-state index contributed by atoms with van der Waals surface area (Å²) in [6.45, 7) is 0. The third-order valence-corrected chi connectivity index (χ3v) is 5.05. The molecule has 0 saturated heterocycles. The minimum absolute atomic E-state index is 0.254. The number of amides is 1. The molecule has 27 heavy (non-hydrogen) atoms. The Balaban J connectivity index is 1.76. The number of benzene rings is 3. The number of carbonyl (C=O) groups excluding carboxylic acids is 1. The Hall–Kier alpha value is -2.79. The molecule has 4 rings (SSSR count). The van der Waals surface area contributed by atoms with Gasteiger partial charge in [0.2, 0.25) is 0 Å². The molecule has 0 N–H and O–H groups in total. The Labute approximate surface area is 165 Å². The third kappa shape index (κ3) is 3.55. The van der Waals surface area contributed by atoms with E-state index >= 15 is 0 Å². The Morgan fingerprint density at radius 3 is 2.48 bits per heavy atom. The van der Waals surface area contributed by atoms with Crippen LogP contribution >= 0.6 is 15.9 Å². The average Bonchev–Trinajstić information content (AvgIpc) is 3.13. The lowest BCUT2D eigenvalue weighted by Crippen LogP contribution is -2.27. The molecule has 0 aliphatic carbocycles. The van der Waals surface area contributed by atoms with Gasteiger partial charge in [0.05, 0.1) is 11.8 Å². The Morgan fingerprint density at radius 2 is 1.74 bits per heavy atom. The van der Waals surface area contributed by atoms with E-state index in [0.717, 1.165) is 15.7 Å². The molecule has 5 heteroatoms. The van der Waals surface area contributed by atoms with Crippen LogP contribution in [-0.4, -0.2) is 16.6 Å². The van der Waals surface area contributed by atoms with Gasteiger partial charge in [0.1, 0.15) is 5.82 Å². The molecule has 0 fully saturated rings. The summed E-state index contributed by atoms with van der Waals surface area (Å²) < 4.78 is 15.3. The lowest BCUT2D eigenvalue weighted by molar-refractivity contribution is 0.0708. The molecule has 3 nitrogen and oxygen atoms in total. The van der Waals surface area contributed by atoms with Crippen molar-refractivity contribution in [1.82, 2.24) is 5.01 Å². The van der Waals surface area contributed by atoms with Gasteiger partial charge in [0.15, 0.2) is 0 Å². The highest BCUT2D eigenvalue weighted by atomic mass is 79.9. The molecular formula is C22H16BrFN2O. The monoisotopic (exact) mass is 422 g/mol. The summed E-state index contributed by atoms with van der Waals surface area (Å²) in [6.07, 6.45) is 0.463. The lowest BCUT2D eigenvalue weighted by atomic mass is 9.97. The molecule has 0 aromatic heterocycles. The van der Waals surface area contributed by atoms with Crippen LogP contribution in [0.5, 0.6) is 0 Å². The van der Waals surface area contributed by atoms with Gasteiger partial charge in [-0.05, 0) is 29.8 Å². The van der Waals surface area contributed by atoms with Gasteiger partial charge in [-0.25, -0.2) is 9.40 Å². The fourth-order valence-corrected chi connectivity index (χ4v) is 3.64. The van der Waals surface area contributed by atoms with Gasteiger partial charge in [-0.2, -0.15) is 5.10 Å². The molecule has 1 atom stereocenters. The van der Waals surface area contributed by atoms with Crippen molar-refractivity contribution < 1.29 is 9.18 Å². The van der Waals surface area contributed by atoms with Gasteiger partial charge in [-0.1, -0.05) is 70.5 Å². The van der Waals surface area contributed by atoms with Crippen LogP contribution in [-0.2, 0) is 0 Å². The molecule has 0 radical (unpaired) electrons. The van der Waals surface area contributed by atoms with Crippen molar-refractivity contribution in [2.45, 2.75) is 12.5 Å². The standard InChI is InChI=1S/C22H16BrFN2O/c23-17-10-6-9-16(13-17)22(27)26-21(18-11-4-5-12-19(18)24)14-20(25-26)15-7-2-1-3-8-15/h1-13,21H,14H2. The lowest BCUT2D eigenvalue weighted by Gasteiger charge is -2.22. The van der Waals surface area contributed by atoms with Gasteiger partial charge in [-0.15, -0.1) is 0 Å². The minimum Gasteiger partial charge on any atom is -0.267 e. The summed E-state index contributed by atoms with van der Waals surface area (Å²) in [6, 6.07) is 22.9. The van der Waals surface area contributed by atoms with E-state index in [4.69, 9.17) is 0 Å². The Bertz CT molecular complexity index is 1020. The molecule has 0 saturated carbocycles. The zero-order valence-corrected chi connectivity index (χ0v) is 15.9. The Kier molecular flexibility index (Phi) is 4.86. The number of nitrogens with zero attached hydrogens (tertiary/aromatic N) is 2. The van der Waals surface area contributed by atoms with Crippen molar-refractivity contribution in [3.8, 4) is 0 Å². The molecule has 0 spiro atoms. The number of hydrogen-bond donors (Lipinski definition) is 0. The highest BCUT2D eigenvalue weighted by Crippen LogP contribution is 2.35. The second kappa shape index (κ2) is 7.45. The van der Waals surface area contributed by atoms with Gasteiger partial charge >= 0.3 is 0 Å². The van der Waals surface area contributed by atoms with Crippen LogP contribution in [0.1, 0.15) is 33.9 Å². The molecule has 134 valence electrons. The topological polar surface area (TPSA) is 32.7 Å². The van der Waals surface area contributed by atoms with Crippen molar-refractivity contribution in [1.29, 1.82) is 0 Å². The molecule has 1 aliphatic rings. The molecule has 0 bridgehead atoms. The molecule has 1 amide bonds. The fourth-order valence-electron chi connectivity index (χ4n) is 3.24. The third-order valence-electron chi connectivity index (χ3n) is 4.56. The number of carbonyl (C=O) groups is 1. The van der Waals surface area contributed by atoms with E-state index in [2.05, 4.69) is 21.0 Å². The van der Waals surface area contributed by atoms with Gasteiger partial charge in [0, 0.05) is 22.0 Å². The first kappa shape index (κ1) is 17.6. The minimum atomic E-state index is -0.479. The van der Waals surface area contributed by atoms with Crippen LogP contribution in [0.3, 0.4) is 0 Å². The van der Waals surface area contributed by atoms with Crippen LogP contribution < -0.4 is 0 Å². The zero-order valence-electron chi connectivity index (χ0n) is 14.3. The van der Waals surface area contributed by atoms with Gasteiger partial charge in [-0.3, -0.25) is 4.79 Å². The van der Waals surface area contributed by atoms with Crippen molar-refractivity contribution in [3.05, 3.63) is 106 Å². The Morgan fingerprint density at radius 1 is 1.00 bits per heavy atom. The molecule has 3 aromatic carbocycles. The number of halogens is 2. The molecule has 1 heterocycles. The van der Waals surface area contributed by atoms with E-state index in [9.17, 15) is 9.18 Å². The average molecular weight is 423 g/mol. The predicted molar refractivity (Wildman–Crippen MR) is 107 cm³/mol. The quantitative estimate of drug-likeness (QED) is 0.542. The second-order valence-electron chi connectivity index (χ2n) is 6.31. The van der Waals surface area contributed by atoms with E-state index in [-0.39, 0.29) is 11.7 Å². The summed E-state index contributed by atoms with van der Waals surface area (Å²) in [5, 5.41) is 5.99. The second-order valence-corrected chi connectivity index (χ2v) is 7.23. The van der Waals surface area contributed by atoms with Crippen molar-refractivity contribution in [3.63, 3.8) is 0 Å². The smallest absolute Gasteiger partial charge is 0.267 e. The molecular weight excluding hydrogens is 407 g/mol. The summed E-state index contributed by atoms with van der Waals surface area (Å²) in [4.78, 5) is 13.1. The SMILES string of the molecule is O=C(c1cccc(Br)c1)N1N=C(c2ccccc2)CC1c1ccccc1F. The highest BCUT2D eigenvalue weighted by molar-refractivity contribution is 9.10. The van der Waals surface area contributed by atoms with E-state index in [1.165, 1.54) is 11.1 Å². The van der Waals surface area contributed by atoms with Crippen LogP contribution in [0.4, 0.5) is 4.39 Å². The normalized spacial score (nSPS) is 16.3. The molecule has 1 unspecified atom stereocenters. The first-order valence-corrected chi connectivity index (χ1v) is 9.39. The zero-order chi connectivity index (χ0) is 18.8. The van der Waals surface area contributed by atoms with Crippen LogP contribution in [0.15, 0.2) is 88.4 Å². The number of rotatable bonds is 3. The summed E-state index contributed by atoms with van der Waals surface area (Å²) in [7, 11) is 0. The number of hydrogen-bond acceptors (Lipinski definition) is 2. The van der Waals surface area contributed by atoms with E-state index in [0.29, 0.717) is 17.5 Å². The maximum atomic E-state index is 14.5. The molecule has 3 aromatic rings. The van der Waals surface area contributed by atoms with Crippen molar-refractivity contribution >= 4 is 27.5 Å². The summed E-state index contributed by atoms with van der Waals surface area (Å²) in [5.41, 5.74) is 2.68. The largest absolute Gasteiger partial charge is 0.274 e. The maximum absolute atomic E-state index is 14.5. The highest BCUT2D eigenvalue weighted by Gasteiger charge is 2.35. The van der Waals surface area contributed by atoms with Crippen molar-refractivity contribution in [2.75, 3.05) is 0 Å². The summed E-state index contributed by atoms with van der Waals surface area (Å²) >= 11 is 3.39. The summed E-state index contributed by atoms with van der Waals surface area (Å²) in [5.74, 6) is -0.588. The van der Waals surface area contributed by atoms with E-state index in [1.807, 2.05) is 36.4 Å². The van der Waals surface area contributed by atoms with Crippen LogP contribution in [0, 0.1) is 5.82 Å². The van der Waals surface area contributed by atoms with Crippen molar-refractivity contribution in [2.24, 2.45) is 5.10 Å². The van der Waals surface area contributed by atoms with E-state index < -0.39 is 6.04 Å². The first-order chi connectivity index (χ1) is 13.1. The van der Waals surface area contributed by atoms with Crippen LogP contribution in [0.2, 0.25) is 0 Å². The van der Waals surface area contributed by atoms with E-state index in [1.54, 1.807) is 36.4 Å². The van der Waals surface area contributed by atoms with Crippen LogP contribution in [0.25, 0.3) is 0 Å². The van der Waals surface area contributed by atoms with Gasteiger partial charge in [0.25, 0.3) is 5.91 Å².